The highest BCUT2D eigenvalue weighted by molar-refractivity contribution is 7.94. The van der Waals surface area contributed by atoms with Crippen LogP contribution in [-0.4, -0.2) is 54.9 Å². The number of esters is 2. The van der Waals surface area contributed by atoms with Gasteiger partial charge >= 0.3 is 11.9 Å². The largest absolute Gasteiger partial charge is 0.468 e. The number of benzene rings is 2. The predicted octanol–water partition coefficient (Wildman–Crippen LogP) is 1.39. The summed E-state index contributed by atoms with van der Waals surface area (Å²) in [7, 11) is -2.64. The Bertz CT molecular complexity index is 1140. The summed E-state index contributed by atoms with van der Waals surface area (Å²) in [5.74, 6) is -2.29. The topological polar surface area (TPSA) is 185 Å². The maximum atomic E-state index is 13.6. The molecule has 34 heavy (non-hydrogen) atoms. The van der Waals surface area contributed by atoms with Gasteiger partial charge in [-0.1, -0.05) is 24.3 Å². The van der Waals surface area contributed by atoms with Gasteiger partial charge in [0, 0.05) is 24.3 Å². The molecule has 0 radical (unpaired) electrons. The lowest BCUT2D eigenvalue weighted by atomic mass is 9.96. The van der Waals surface area contributed by atoms with Crippen LogP contribution >= 0.6 is 0 Å². The normalized spacial score (nSPS) is 23.5. The molecule has 0 aliphatic carbocycles. The number of carbonyl (C=O) groups is 2. The van der Waals surface area contributed by atoms with Crippen LogP contribution in [0.1, 0.15) is 23.2 Å². The zero-order valence-electron chi connectivity index (χ0n) is 17.8. The van der Waals surface area contributed by atoms with Gasteiger partial charge in [-0.05, 0) is 11.1 Å². The molecule has 180 valence electrons. The van der Waals surface area contributed by atoms with E-state index in [4.69, 9.17) is 9.47 Å². The second-order valence-electron chi connectivity index (χ2n) is 7.30. The number of nitrogens with zero attached hydrogens (tertiary/aromatic N) is 2. The van der Waals surface area contributed by atoms with Crippen LogP contribution in [-0.2, 0) is 28.9 Å². The van der Waals surface area contributed by atoms with Gasteiger partial charge in [-0.3, -0.25) is 35.1 Å². The Morgan fingerprint density at radius 1 is 0.765 bits per heavy atom. The predicted molar refractivity (Wildman–Crippen MR) is 115 cm³/mol. The summed E-state index contributed by atoms with van der Waals surface area (Å²) in [6.45, 7) is 0. The molecule has 0 amide bonds. The van der Waals surface area contributed by atoms with Gasteiger partial charge in [0.2, 0.25) is 0 Å². The number of hydrogen-bond acceptors (Lipinski definition) is 11. The molecular formula is C20H19N3O10S. The molecule has 0 unspecified atom stereocenters. The van der Waals surface area contributed by atoms with Crippen molar-refractivity contribution in [1.29, 1.82) is 0 Å². The monoisotopic (exact) mass is 493 g/mol. The van der Waals surface area contributed by atoms with Crippen molar-refractivity contribution in [3.8, 4) is 0 Å². The molecule has 1 N–H and O–H groups in total. The first kappa shape index (κ1) is 24.7. The molecule has 1 fully saturated rings. The van der Waals surface area contributed by atoms with E-state index < -0.39 is 54.2 Å². The zero-order valence-corrected chi connectivity index (χ0v) is 18.6. The van der Waals surface area contributed by atoms with Gasteiger partial charge < -0.3 is 9.47 Å². The van der Waals surface area contributed by atoms with Crippen molar-refractivity contribution in [3.63, 3.8) is 0 Å². The molecule has 1 aliphatic heterocycles. The fraction of sp³-hybridized carbons (Fsp3) is 0.300. The Morgan fingerprint density at radius 3 is 1.35 bits per heavy atom. The minimum absolute atomic E-state index is 0.208. The molecule has 1 saturated heterocycles. The molecule has 0 aromatic heterocycles. The number of rotatable bonds is 6. The Labute approximate surface area is 192 Å². The number of nitro groups is 2. The molecule has 0 spiro atoms. The zero-order chi connectivity index (χ0) is 25.2. The second-order valence-corrected chi connectivity index (χ2v) is 9.49. The SMILES string of the molecule is COC(=O)[C@H]1[C@@H](c2ccc([N+](=O)[O-])cc2)N[C@H](c2ccc([N+](=O)[O-])cc2)[C@H](C(=O)OC)S1(=O)=O. The first-order chi connectivity index (χ1) is 16.0. The van der Waals surface area contributed by atoms with Crippen molar-refractivity contribution < 1.29 is 37.3 Å². The number of carbonyl (C=O) groups excluding carboxylic acids is 2. The van der Waals surface area contributed by atoms with Crippen molar-refractivity contribution in [2.45, 2.75) is 22.6 Å². The van der Waals surface area contributed by atoms with Crippen LogP contribution in [0.15, 0.2) is 48.5 Å². The van der Waals surface area contributed by atoms with Gasteiger partial charge in [-0.2, -0.15) is 0 Å². The van der Waals surface area contributed by atoms with E-state index in [1.807, 2.05) is 0 Å². The highest BCUT2D eigenvalue weighted by Gasteiger charge is 2.56. The van der Waals surface area contributed by atoms with Gasteiger partial charge in [-0.25, -0.2) is 8.42 Å². The summed E-state index contributed by atoms with van der Waals surface area (Å²) in [4.78, 5) is 45.9. The smallest absolute Gasteiger partial charge is 0.326 e. The standard InChI is InChI=1S/C20H19N3O10S/c1-32-19(24)17-15(11-3-7-13(8-4-11)22(26)27)21-16(18(20(25)33-2)34(17,30)31)12-5-9-14(10-6-12)23(28)29/h3-10,15-18,21H,1-2H3/t15-,16-,17-,18-/m1/s1. The summed E-state index contributed by atoms with van der Waals surface area (Å²) < 4.78 is 36.5. The van der Waals surface area contributed by atoms with Crippen molar-refractivity contribution in [1.82, 2.24) is 5.32 Å². The van der Waals surface area contributed by atoms with E-state index in [-0.39, 0.29) is 22.5 Å². The van der Waals surface area contributed by atoms with Crippen LogP contribution in [0.3, 0.4) is 0 Å². The van der Waals surface area contributed by atoms with Crippen LogP contribution in [0.5, 0.6) is 0 Å². The number of nitro benzene ring substituents is 2. The van der Waals surface area contributed by atoms with Crippen molar-refractivity contribution in [2.24, 2.45) is 0 Å². The quantitative estimate of drug-likeness (QED) is 0.348. The molecule has 2 aromatic carbocycles. The minimum atomic E-state index is -4.61. The molecule has 0 bridgehead atoms. The van der Waals surface area contributed by atoms with E-state index in [9.17, 15) is 38.2 Å². The van der Waals surface area contributed by atoms with Crippen molar-refractivity contribution in [2.75, 3.05) is 14.2 Å². The average molecular weight is 493 g/mol. The van der Waals surface area contributed by atoms with Crippen LogP contribution in [0, 0.1) is 20.2 Å². The Kier molecular flexibility index (Phi) is 6.93. The van der Waals surface area contributed by atoms with Crippen LogP contribution in [0.2, 0.25) is 0 Å². The molecule has 1 aliphatic rings. The number of non-ortho nitro benzene ring substituents is 2. The first-order valence-electron chi connectivity index (χ1n) is 9.66. The van der Waals surface area contributed by atoms with Gasteiger partial charge in [0.1, 0.15) is 0 Å². The Hall–Kier alpha value is -3.91. The van der Waals surface area contributed by atoms with E-state index in [1.54, 1.807) is 0 Å². The van der Waals surface area contributed by atoms with E-state index in [0.717, 1.165) is 38.5 Å². The molecule has 0 saturated carbocycles. The van der Waals surface area contributed by atoms with E-state index >= 15 is 0 Å². The third kappa shape index (κ3) is 4.45. The van der Waals surface area contributed by atoms with Crippen molar-refractivity contribution in [3.05, 3.63) is 79.9 Å². The fourth-order valence-corrected chi connectivity index (χ4v) is 6.10. The van der Waals surface area contributed by atoms with Gasteiger partial charge in [0.05, 0.1) is 36.1 Å². The van der Waals surface area contributed by atoms with E-state index in [0.29, 0.717) is 0 Å². The van der Waals surface area contributed by atoms with E-state index in [2.05, 4.69) is 5.32 Å². The van der Waals surface area contributed by atoms with E-state index in [1.165, 1.54) is 24.3 Å². The minimum Gasteiger partial charge on any atom is -0.468 e. The summed E-state index contributed by atoms with van der Waals surface area (Å²) in [5, 5.41) is 21.2. The molecule has 14 heteroatoms. The molecule has 1 heterocycles. The fourth-order valence-electron chi connectivity index (χ4n) is 3.83. The van der Waals surface area contributed by atoms with Crippen LogP contribution in [0.4, 0.5) is 11.4 Å². The number of sulfone groups is 1. The highest BCUT2D eigenvalue weighted by Crippen LogP contribution is 2.39. The van der Waals surface area contributed by atoms with Gasteiger partial charge in [0.15, 0.2) is 20.3 Å². The van der Waals surface area contributed by atoms with Crippen LogP contribution in [0.25, 0.3) is 0 Å². The molecule has 13 nitrogen and oxygen atoms in total. The van der Waals surface area contributed by atoms with Crippen molar-refractivity contribution >= 4 is 33.2 Å². The second kappa shape index (κ2) is 9.52. The third-order valence-electron chi connectivity index (χ3n) is 5.47. The first-order valence-corrected chi connectivity index (χ1v) is 11.3. The third-order valence-corrected chi connectivity index (χ3v) is 7.81. The Balaban J connectivity index is 2.18. The Morgan fingerprint density at radius 2 is 1.09 bits per heavy atom. The lowest BCUT2D eigenvalue weighted by molar-refractivity contribution is -0.385. The maximum Gasteiger partial charge on any atom is 0.326 e. The molecule has 2 aromatic rings. The van der Waals surface area contributed by atoms with Gasteiger partial charge in [0.25, 0.3) is 11.4 Å². The highest BCUT2D eigenvalue weighted by atomic mass is 32.2. The number of hydrogen-bond donors (Lipinski definition) is 1. The lowest BCUT2D eigenvalue weighted by Crippen LogP contribution is -2.59. The molecule has 4 atom stereocenters. The number of nitrogens with one attached hydrogen (secondary N) is 1. The molecular weight excluding hydrogens is 474 g/mol. The molecule has 3 rings (SSSR count). The number of ether oxygens (including phenoxy) is 2. The summed E-state index contributed by atoms with van der Waals surface area (Å²) >= 11 is 0. The summed E-state index contributed by atoms with van der Waals surface area (Å²) in [5.41, 5.74) is -0.0904. The number of methoxy groups -OCH3 is 2. The average Bonchev–Trinajstić information content (AvgIpc) is 2.82. The lowest BCUT2D eigenvalue weighted by Gasteiger charge is -2.40. The van der Waals surface area contributed by atoms with Gasteiger partial charge in [-0.15, -0.1) is 0 Å². The summed E-state index contributed by atoms with van der Waals surface area (Å²) in [6, 6.07) is 7.18. The summed E-state index contributed by atoms with van der Waals surface area (Å²) in [6.07, 6.45) is 0. The van der Waals surface area contributed by atoms with Crippen LogP contribution < -0.4 is 5.32 Å². The maximum absolute atomic E-state index is 13.6.